The Kier molecular flexibility index (Phi) is 12.1. The predicted octanol–water partition coefficient (Wildman–Crippen LogP) is 6.93. The maximum absolute atomic E-state index is 14.4. The molecule has 3 unspecified atom stereocenters. The molecule has 0 radical (unpaired) electrons. The van der Waals surface area contributed by atoms with Gasteiger partial charge in [-0.15, -0.1) is 0 Å². The maximum atomic E-state index is 14.4. The highest BCUT2D eigenvalue weighted by atomic mass is 28.4. The number of fused-ring (bicyclic) bond motifs is 5. The quantitative estimate of drug-likeness (QED) is 0.110. The van der Waals surface area contributed by atoms with Crippen molar-refractivity contribution in [3.05, 3.63) is 47.0 Å². The van der Waals surface area contributed by atoms with E-state index >= 15 is 0 Å². The minimum absolute atomic E-state index is 0.0278. The fourth-order valence-electron chi connectivity index (χ4n) is 10.8. The number of esters is 2. The highest BCUT2D eigenvalue weighted by molar-refractivity contribution is 6.74. The van der Waals surface area contributed by atoms with Gasteiger partial charge in [0.1, 0.15) is 23.9 Å². The van der Waals surface area contributed by atoms with Crippen molar-refractivity contribution >= 4 is 28.6 Å². The summed E-state index contributed by atoms with van der Waals surface area (Å²) in [5, 5.41) is 39.5. The molecule has 3 N–H and O–H groups in total. The highest BCUT2D eigenvalue weighted by Crippen LogP contribution is 2.66. The molecule has 10 nitrogen and oxygen atoms in total. The lowest BCUT2D eigenvalue weighted by Crippen LogP contribution is -2.82. The van der Waals surface area contributed by atoms with Gasteiger partial charge < -0.3 is 38.4 Å². The average Bonchev–Trinajstić information content (AvgIpc) is 3.13. The van der Waals surface area contributed by atoms with Gasteiger partial charge in [0.25, 0.3) is 0 Å². The van der Waals surface area contributed by atoms with Gasteiger partial charge in [-0.3, -0.25) is 4.79 Å². The minimum atomic E-state index is -2.39. The highest BCUT2D eigenvalue weighted by Gasteiger charge is 2.78. The second-order valence-corrected chi connectivity index (χ2v) is 26.5. The lowest BCUT2D eigenvalue weighted by Gasteiger charge is -2.70. The molecule has 298 valence electrons. The number of aliphatic hydroxyl groups is 3. The van der Waals surface area contributed by atoms with Crippen LogP contribution in [-0.2, 0) is 27.9 Å². The molecule has 1 aromatic carbocycles. The fraction of sp³-hybridized carbons (Fsp3) is 0.756. The number of ether oxygens (including phenoxy) is 3. The molecule has 3 aliphatic carbocycles. The SMILES string of the molecule is CC[Si](CC)(CC)OC1C[C@@]2(O)[C@@H](OC(=O)c3ccccc3)[C@H]3[C@@](C)(C(O[Si](CC)(CC)CC)CC4OC[C@]43OC(C)=O)[C@@H](O)[C@@H](O)C(=C1C)C2(C)C. The summed E-state index contributed by atoms with van der Waals surface area (Å²) in [6.07, 6.45) is -5.88. The van der Waals surface area contributed by atoms with E-state index in [9.17, 15) is 24.9 Å². The zero-order valence-electron chi connectivity index (χ0n) is 34.0. The first-order valence-electron chi connectivity index (χ1n) is 20.1. The van der Waals surface area contributed by atoms with E-state index in [-0.39, 0.29) is 13.0 Å². The number of carbonyl (C=O) groups is 2. The van der Waals surface area contributed by atoms with E-state index in [1.807, 2.05) is 33.8 Å². The molecule has 0 aromatic heterocycles. The van der Waals surface area contributed by atoms with Crippen LogP contribution in [0.1, 0.15) is 99.4 Å². The largest absolute Gasteiger partial charge is 0.455 e. The zero-order valence-corrected chi connectivity index (χ0v) is 36.0. The molecule has 12 heteroatoms. The van der Waals surface area contributed by atoms with Crippen LogP contribution >= 0.6 is 0 Å². The molecule has 5 rings (SSSR count). The van der Waals surface area contributed by atoms with Gasteiger partial charge in [0.2, 0.25) is 0 Å². The first-order valence-corrected chi connectivity index (χ1v) is 25.1. The van der Waals surface area contributed by atoms with E-state index in [0.29, 0.717) is 17.6 Å². The normalized spacial score (nSPS) is 36.7. The molecule has 1 aromatic rings. The third kappa shape index (κ3) is 6.54. The molecule has 0 spiro atoms. The summed E-state index contributed by atoms with van der Waals surface area (Å²) in [4.78, 5) is 27.5. The third-order valence-electron chi connectivity index (χ3n) is 14.8. The number of carbonyl (C=O) groups excluding carboxylic acids is 2. The molecule has 1 heterocycles. The Labute approximate surface area is 319 Å². The summed E-state index contributed by atoms with van der Waals surface area (Å²) in [5.74, 6) is -2.26. The Balaban J connectivity index is 1.86. The number of benzene rings is 1. The molecule has 2 bridgehead atoms. The minimum Gasteiger partial charge on any atom is -0.455 e. The van der Waals surface area contributed by atoms with Crippen molar-refractivity contribution in [1.82, 2.24) is 0 Å². The number of rotatable bonds is 13. The van der Waals surface area contributed by atoms with E-state index in [1.54, 1.807) is 24.3 Å². The van der Waals surface area contributed by atoms with Gasteiger partial charge in [-0.05, 0) is 66.5 Å². The first-order chi connectivity index (χ1) is 24.9. The van der Waals surface area contributed by atoms with Gasteiger partial charge in [0.05, 0.1) is 36.4 Å². The number of aliphatic hydroxyl groups excluding tert-OH is 2. The van der Waals surface area contributed by atoms with Gasteiger partial charge in [0, 0.05) is 30.6 Å². The van der Waals surface area contributed by atoms with Crippen molar-refractivity contribution < 1.29 is 48.0 Å². The third-order valence-corrected chi connectivity index (χ3v) is 24.1. The van der Waals surface area contributed by atoms with E-state index < -0.39 is 93.1 Å². The van der Waals surface area contributed by atoms with Gasteiger partial charge in [-0.1, -0.05) is 80.5 Å². The lowest BCUT2D eigenvalue weighted by atomic mass is 9.44. The summed E-state index contributed by atoms with van der Waals surface area (Å²) in [6.45, 7) is 21.6. The van der Waals surface area contributed by atoms with E-state index in [2.05, 4.69) is 41.5 Å². The van der Waals surface area contributed by atoms with Crippen LogP contribution < -0.4 is 0 Å². The van der Waals surface area contributed by atoms with Crippen LogP contribution in [-0.4, -0.2) is 98.3 Å². The second kappa shape index (κ2) is 15.2. The summed E-state index contributed by atoms with van der Waals surface area (Å²) in [6, 6.07) is 13.7. The van der Waals surface area contributed by atoms with Crippen molar-refractivity contribution in [1.29, 1.82) is 0 Å². The van der Waals surface area contributed by atoms with Gasteiger partial charge >= 0.3 is 11.9 Å². The molecule has 2 saturated carbocycles. The Morgan fingerprint density at radius 3 is 1.92 bits per heavy atom. The molecular weight excluding hydrogens is 709 g/mol. The Morgan fingerprint density at radius 2 is 1.43 bits per heavy atom. The molecule has 53 heavy (non-hydrogen) atoms. The molecule has 1 aliphatic heterocycles. The van der Waals surface area contributed by atoms with Gasteiger partial charge in [-0.25, -0.2) is 4.79 Å². The van der Waals surface area contributed by atoms with Gasteiger partial charge in [0.15, 0.2) is 22.2 Å². The predicted molar refractivity (Wildman–Crippen MR) is 208 cm³/mol. The topological polar surface area (TPSA) is 141 Å². The van der Waals surface area contributed by atoms with Crippen LogP contribution in [0.3, 0.4) is 0 Å². The second-order valence-electron chi connectivity index (χ2n) is 17.1. The smallest absolute Gasteiger partial charge is 0.338 e. The van der Waals surface area contributed by atoms with Crippen LogP contribution in [0, 0.1) is 16.7 Å². The molecule has 10 atom stereocenters. The average molecular weight is 775 g/mol. The monoisotopic (exact) mass is 774 g/mol. The molecular formula is C41H66O10Si2. The van der Waals surface area contributed by atoms with Crippen LogP contribution in [0.5, 0.6) is 0 Å². The first kappa shape index (κ1) is 42.2. The number of hydrogen-bond donors (Lipinski definition) is 3. The van der Waals surface area contributed by atoms with E-state index in [0.717, 1.165) is 41.8 Å². The van der Waals surface area contributed by atoms with Crippen molar-refractivity contribution in [2.75, 3.05) is 6.61 Å². The Hall–Kier alpha value is -1.91. The Bertz CT molecular complexity index is 1510. The molecule has 0 amide bonds. The summed E-state index contributed by atoms with van der Waals surface area (Å²) in [5.41, 5.74) is -4.36. The molecule has 4 aliphatic rings. The molecule has 1 saturated heterocycles. The summed E-state index contributed by atoms with van der Waals surface area (Å²) >= 11 is 0. The summed E-state index contributed by atoms with van der Waals surface area (Å²) in [7, 11) is -4.69. The van der Waals surface area contributed by atoms with Crippen molar-refractivity contribution in [3.8, 4) is 0 Å². The molecule has 3 fully saturated rings. The lowest BCUT2D eigenvalue weighted by molar-refractivity contribution is -0.363. The standard InChI is InChI=1S/C41H66O10Si2/c1-12-52(13-2,14-3)50-29-24-41(46)36(48-37(45)28-21-19-18-20-22-28)34-39(11,35(44)33(43)32(26(29)7)38(41,9)10)30(51-53(15-4,16-5)17-6)23-31-40(34,25-47-31)49-27(8)42/h18-22,29-31,33-36,43-44,46H,12-17,23-25H2,1-11H3/t29?,30?,31?,33-,34-,35-,36-,39+,40-,41+/m0/s1. The van der Waals surface area contributed by atoms with Crippen LogP contribution in [0.15, 0.2) is 41.5 Å². The zero-order chi connectivity index (χ0) is 39.4. The van der Waals surface area contributed by atoms with E-state index in [1.165, 1.54) is 6.92 Å². The van der Waals surface area contributed by atoms with Crippen molar-refractivity contribution in [3.63, 3.8) is 0 Å². The van der Waals surface area contributed by atoms with E-state index in [4.69, 9.17) is 23.1 Å². The number of hydrogen-bond acceptors (Lipinski definition) is 10. The maximum Gasteiger partial charge on any atom is 0.338 e. The van der Waals surface area contributed by atoms with Crippen LogP contribution in [0.25, 0.3) is 0 Å². The van der Waals surface area contributed by atoms with Crippen molar-refractivity contribution in [2.45, 2.75) is 173 Å². The van der Waals surface area contributed by atoms with Crippen LogP contribution in [0.2, 0.25) is 36.3 Å². The summed E-state index contributed by atoms with van der Waals surface area (Å²) < 4.78 is 33.8. The van der Waals surface area contributed by atoms with Gasteiger partial charge in [-0.2, -0.15) is 0 Å². The van der Waals surface area contributed by atoms with Crippen molar-refractivity contribution in [2.24, 2.45) is 16.7 Å². The fourth-order valence-corrected chi connectivity index (χ4v) is 16.6. The van der Waals surface area contributed by atoms with Crippen LogP contribution in [0.4, 0.5) is 0 Å². The Morgan fingerprint density at radius 1 is 0.887 bits per heavy atom.